The molecule has 1 aromatic heterocycles. The van der Waals surface area contributed by atoms with Crippen LogP contribution in [0, 0.1) is 6.92 Å². The van der Waals surface area contributed by atoms with Crippen LogP contribution in [-0.2, 0) is 0 Å². The maximum Gasteiger partial charge on any atom is 0.271 e. The zero-order chi connectivity index (χ0) is 16.3. The number of anilines is 2. The van der Waals surface area contributed by atoms with Crippen LogP contribution in [0.3, 0.4) is 0 Å². The third kappa shape index (κ3) is 4.53. The first-order chi connectivity index (χ1) is 10.2. The Bertz CT molecular complexity index is 678. The van der Waals surface area contributed by atoms with Crippen LogP contribution in [0.1, 0.15) is 36.8 Å². The summed E-state index contributed by atoms with van der Waals surface area (Å²) in [4.78, 5) is 20.3. The van der Waals surface area contributed by atoms with Crippen LogP contribution in [-0.4, -0.2) is 21.4 Å². The highest BCUT2D eigenvalue weighted by Crippen LogP contribution is 2.22. The van der Waals surface area contributed by atoms with Crippen molar-refractivity contribution < 1.29 is 4.79 Å². The number of carbonyl (C=O) groups excluding carboxylic acids is 1. The molecule has 0 radical (unpaired) electrons. The maximum absolute atomic E-state index is 12.0. The summed E-state index contributed by atoms with van der Waals surface area (Å²) in [6.07, 6.45) is 3.01. The number of hydrogen-bond donors (Lipinski definition) is 2. The molecule has 0 fully saturated rings. The van der Waals surface area contributed by atoms with Gasteiger partial charge in [0.05, 0.1) is 12.4 Å². The summed E-state index contributed by atoms with van der Waals surface area (Å²) in [6, 6.07) is 5.93. The fourth-order valence-corrected chi connectivity index (χ4v) is 2.11. The molecule has 2 N–H and O–H groups in total. The van der Waals surface area contributed by atoms with Crippen LogP contribution < -0.4 is 10.6 Å². The van der Waals surface area contributed by atoms with E-state index in [1.165, 1.54) is 6.20 Å². The lowest BCUT2D eigenvalue weighted by molar-refractivity contribution is 0.0914. The predicted molar refractivity (Wildman–Crippen MR) is 91.4 cm³/mol. The second-order valence-corrected chi connectivity index (χ2v) is 6.93. The van der Waals surface area contributed by atoms with E-state index in [4.69, 9.17) is 0 Å². The van der Waals surface area contributed by atoms with Crippen molar-refractivity contribution in [3.63, 3.8) is 0 Å². The second kappa shape index (κ2) is 6.44. The van der Waals surface area contributed by atoms with Crippen LogP contribution in [0.15, 0.2) is 35.1 Å². The Balaban J connectivity index is 2.08. The van der Waals surface area contributed by atoms with E-state index in [0.29, 0.717) is 11.5 Å². The zero-order valence-corrected chi connectivity index (χ0v) is 14.7. The standard InChI is InChI=1S/C16H19BrN4O/c1-10-5-6-11(7-12(10)17)20-14-9-18-13(8-19-14)15(22)21-16(2,3)4/h5-9H,1-4H3,(H,19,20)(H,21,22). The van der Waals surface area contributed by atoms with Gasteiger partial charge in [-0.3, -0.25) is 4.79 Å². The van der Waals surface area contributed by atoms with Gasteiger partial charge in [-0.25, -0.2) is 9.97 Å². The smallest absolute Gasteiger partial charge is 0.271 e. The molecule has 22 heavy (non-hydrogen) atoms. The average Bonchev–Trinajstić information content (AvgIpc) is 2.42. The summed E-state index contributed by atoms with van der Waals surface area (Å²) < 4.78 is 1.02. The third-order valence-electron chi connectivity index (χ3n) is 2.82. The minimum atomic E-state index is -0.302. The van der Waals surface area contributed by atoms with Crippen LogP contribution in [0.5, 0.6) is 0 Å². The van der Waals surface area contributed by atoms with Gasteiger partial charge in [-0.1, -0.05) is 22.0 Å². The zero-order valence-electron chi connectivity index (χ0n) is 13.1. The lowest BCUT2D eigenvalue weighted by atomic mass is 10.1. The molecule has 116 valence electrons. The van der Waals surface area contributed by atoms with Gasteiger partial charge in [-0.05, 0) is 45.4 Å². The van der Waals surface area contributed by atoms with E-state index in [9.17, 15) is 4.79 Å². The molecule has 0 saturated carbocycles. The van der Waals surface area contributed by atoms with Gasteiger partial charge in [-0.15, -0.1) is 0 Å². The summed E-state index contributed by atoms with van der Waals surface area (Å²) in [5.41, 5.74) is 2.05. The highest BCUT2D eigenvalue weighted by molar-refractivity contribution is 9.10. The molecule has 2 rings (SSSR count). The molecule has 2 aromatic rings. The minimum absolute atomic E-state index is 0.232. The molecule has 1 heterocycles. The Kier molecular flexibility index (Phi) is 4.81. The topological polar surface area (TPSA) is 66.9 Å². The van der Waals surface area contributed by atoms with E-state index in [1.54, 1.807) is 6.20 Å². The molecular weight excluding hydrogens is 344 g/mol. The van der Waals surface area contributed by atoms with Crippen molar-refractivity contribution in [1.29, 1.82) is 0 Å². The number of hydrogen-bond acceptors (Lipinski definition) is 4. The molecule has 0 unspecified atom stereocenters. The van der Waals surface area contributed by atoms with Gasteiger partial charge in [0.2, 0.25) is 0 Å². The molecule has 0 atom stereocenters. The van der Waals surface area contributed by atoms with E-state index in [2.05, 4.69) is 36.5 Å². The summed E-state index contributed by atoms with van der Waals surface area (Å²) >= 11 is 3.49. The number of aromatic nitrogens is 2. The lowest BCUT2D eigenvalue weighted by Gasteiger charge is -2.19. The number of nitrogens with zero attached hydrogens (tertiary/aromatic N) is 2. The van der Waals surface area contributed by atoms with E-state index in [-0.39, 0.29) is 11.4 Å². The summed E-state index contributed by atoms with van der Waals surface area (Å²) in [6.45, 7) is 7.78. The summed E-state index contributed by atoms with van der Waals surface area (Å²) in [5, 5.41) is 6.00. The largest absolute Gasteiger partial charge is 0.346 e. The quantitative estimate of drug-likeness (QED) is 0.870. The van der Waals surface area contributed by atoms with Crippen LogP contribution in [0.4, 0.5) is 11.5 Å². The molecule has 1 aromatic carbocycles. The fourth-order valence-electron chi connectivity index (χ4n) is 1.73. The number of rotatable bonds is 3. The predicted octanol–water partition coefficient (Wildman–Crippen LogP) is 3.82. The number of carbonyl (C=O) groups is 1. The molecule has 0 aliphatic rings. The first kappa shape index (κ1) is 16.4. The first-order valence-electron chi connectivity index (χ1n) is 6.92. The molecule has 0 bridgehead atoms. The Morgan fingerprint density at radius 3 is 2.45 bits per heavy atom. The SMILES string of the molecule is Cc1ccc(Nc2cnc(C(=O)NC(C)(C)C)cn2)cc1Br. The lowest BCUT2D eigenvalue weighted by Crippen LogP contribution is -2.40. The van der Waals surface area contributed by atoms with Crippen molar-refractivity contribution in [2.75, 3.05) is 5.32 Å². The van der Waals surface area contributed by atoms with Gasteiger partial charge >= 0.3 is 0 Å². The highest BCUT2D eigenvalue weighted by Gasteiger charge is 2.16. The van der Waals surface area contributed by atoms with Crippen molar-refractivity contribution in [2.45, 2.75) is 33.2 Å². The Labute approximate surface area is 138 Å². The monoisotopic (exact) mass is 362 g/mol. The molecule has 1 amide bonds. The number of halogens is 1. The third-order valence-corrected chi connectivity index (χ3v) is 3.67. The molecule has 6 heteroatoms. The molecule has 0 aliphatic carbocycles. The fraction of sp³-hybridized carbons (Fsp3) is 0.312. The van der Waals surface area contributed by atoms with Gasteiger partial charge in [0.25, 0.3) is 5.91 Å². The molecule has 0 saturated heterocycles. The number of aryl methyl sites for hydroxylation is 1. The summed E-state index contributed by atoms with van der Waals surface area (Å²) in [5.74, 6) is 0.354. The number of nitrogens with one attached hydrogen (secondary N) is 2. The molecule has 0 spiro atoms. The molecule has 5 nitrogen and oxygen atoms in total. The van der Waals surface area contributed by atoms with E-state index >= 15 is 0 Å². The van der Waals surface area contributed by atoms with Gasteiger partial charge < -0.3 is 10.6 Å². The van der Waals surface area contributed by atoms with Crippen molar-refractivity contribution >= 4 is 33.3 Å². The Morgan fingerprint density at radius 1 is 1.18 bits per heavy atom. The van der Waals surface area contributed by atoms with Gasteiger partial charge in [0, 0.05) is 15.7 Å². The van der Waals surface area contributed by atoms with E-state index < -0.39 is 0 Å². The normalized spacial score (nSPS) is 11.1. The molecular formula is C16H19BrN4O. The van der Waals surface area contributed by atoms with Gasteiger partial charge in [0.15, 0.2) is 0 Å². The van der Waals surface area contributed by atoms with E-state index in [1.807, 2.05) is 45.9 Å². The Hall–Kier alpha value is -1.95. The van der Waals surface area contributed by atoms with Crippen molar-refractivity contribution in [3.8, 4) is 0 Å². The van der Waals surface area contributed by atoms with Gasteiger partial charge in [-0.2, -0.15) is 0 Å². The van der Waals surface area contributed by atoms with Crippen LogP contribution in [0.2, 0.25) is 0 Å². The highest BCUT2D eigenvalue weighted by atomic mass is 79.9. The van der Waals surface area contributed by atoms with E-state index in [0.717, 1.165) is 15.7 Å². The number of amides is 1. The van der Waals surface area contributed by atoms with Gasteiger partial charge in [0.1, 0.15) is 11.5 Å². The van der Waals surface area contributed by atoms with Crippen molar-refractivity contribution in [1.82, 2.24) is 15.3 Å². The second-order valence-electron chi connectivity index (χ2n) is 6.08. The minimum Gasteiger partial charge on any atom is -0.346 e. The maximum atomic E-state index is 12.0. The first-order valence-corrected chi connectivity index (χ1v) is 7.72. The van der Waals surface area contributed by atoms with Crippen LogP contribution in [0.25, 0.3) is 0 Å². The summed E-state index contributed by atoms with van der Waals surface area (Å²) in [7, 11) is 0. The van der Waals surface area contributed by atoms with Crippen molar-refractivity contribution in [3.05, 3.63) is 46.3 Å². The average molecular weight is 363 g/mol. The molecule has 0 aliphatic heterocycles. The van der Waals surface area contributed by atoms with Crippen LogP contribution >= 0.6 is 15.9 Å². The number of benzene rings is 1. The van der Waals surface area contributed by atoms with Crippen molar-refractivity contribution in [2.24, 2.45) is 0 Å². The Morgan fingerprint density at radius 2 is 1.91 bits per heavy atom.